The van der Waals surface area contributed by atoms with Crippen molar-refractivity contribution < 1.29 is 4.52 Å². The highest BCUT2D eigenvalue weighted by Gasteiger charge is 2.10. The van der Waals surface area contributed by atoms with Gasteiger partial charge in [-0.3, -0.25) is 0 Å². The maximum atomic E-state index is 6.06. The lowest BCUT2D eigenvalue weighted by molar-refractivity contribution is 0.386. The molecule has 6 heteroatoms. The topological polar surface area (TPSA) is 69.9 Å². The van der Waals surface area contributed by atoms with Crippen molar-refractivity contribution in [2.45, 2.75) is 20.0 Å². The Balaban J connectivity index is 2.09. The maximum Gasteiger partial charge on any atom is 0.223 e. The number of hydrogen-bond donors (Lipinski definition) is 1. The second kappa shape index (κ2) is 4.68. The third-order valence-electron chi connectivity index (χ3n) is 3.03. The number of nitrogens with zero attached hydrogens (tertiary/aromatic N) is 3. The lowest BCUT2D eigenvalue weighted by atomic mass is 10.2. The van der Waals surface area contributed by atoms with E-state index < -0.39 is 0 Å². The Kier molecular flexibility index (Phi) is 3.00. The standard InChI is InChI=1S/C13H13ClN4O/c1-8-16-13(17-19-8)7-18-6-9(5-15)11-3-2-10(14)4-12(11)18/h2-4,6H,5,7,15H2,1H3. The van der Waals surface area contributed by atoms with E-state index in [1.807, 2.05) is 29.0 Å². The molecule has 0 unspecified atom stereocenters. The van der Waals surface area contributed by atoms with Gasteiger partial charge in [0.2, 0.25) is 5.89 Å². The molecular formula is C13H13ClN4O. The average Bonchev–Trinajstić information content (AvgIpc) is 2.94. The molecule has 0 amide bonds. The van der Waals surface area contributed by atoms with Crippen LogP contribution >= 0.6 is 11.6 Å². The first-order chi connectivity index (χ1) is 9.17. The van der Waals surface area contributed by atoms with Gasteiger partial charge >= 0.3 is 0 Å². The number of aromatic nitrogens is 3. The second-order valence-corrected chi connectivity index (χ2v) is 4.81. The molecule has 98 valence electrons. The molecule has 2 N–H and O–H groups in total. The maximum absolute atomic E-state index is 6.06. The van der Waals surface area contributed by atoms with E-state index in [-0.39, 0.29) is 0 Å². The SMILES string of the molecule is Cc1nc(Cn2cc(CN)c3ccc(Cl)cc32)no1. The van der Waals surface area contributed by atoms with E-state index in [9.17, 15) is 0 Å². The number of fused-ring (bicyclic) bond motifs is 1. The highest BCUT2D eigenvalue weighted by Crippen LogP contribution is 2.25. The van der Waals surface area contributed by atoms with Gasteiger partial charge in [0.25, 0.3) is 0 Å². The number of benzene rings is 1. The normalized spacial score (nSPS) is 11.3. The summed E-state index contributed by atoms with van der Waals surface area (Å²) >= 11 is 6.06. The van der Waals surface area contributed by atoms with Crippen LogP contribution in [0.5, 0.6) is 0 Å². The van der Waals surface area contributed by atoms with Crippen molar-refractivity contribution >= 4 is 22.5 Å². The van der Waals surface area contributed by atoms with E-state index in [1.165, 1.54) is 0 Å². The number of nitrogens with two attached hydrogens (primary N) is 1. The Hall–Kier alpha value is -1.85. The number of halogens is 1. The summed E-state index contributed by atoms with van der Waals surface area (Å²) in [6, 6.07) is 5.77. The third-order valence-corrected chi connectivity index (χ3v) is 3.26. The molecule has 0 aliphatic carbocycles. The Morgan fingerprint density at radius 3 is 2.95 bits per heavy atom. The summed E-state index contributed by atoms with van der Waals surface area (Å²) in [7, 11) is 0. The van der Waals surface area contributed by atoms with Crippen LogP contribution in [0.2, 0.25) is 5.02 Å². The summed E-state index contributed by atoms with van der Waals surface area (Å²) in [6.07, 6.45) is 2.01. The minimum absolute atomic E-state index is 0.483. The fourth-order valence-corrected chi connectivity index (χ4v) is 2.36. The molecule has 0 saturated carbocycles. The zero-order valence-electron chi connectivity index (χ0n) is 10.4. The van der Waals surface area contributed by atoms with Crippen molar-refractivity contribution in [2.24, 2.45) is 5.73 Å². The van der Waals surface area contributed by atoms with Crippen molar-refractivity contribution in [3.63, 3.8) is 0 Å². The van der Waals surface area contributed by atoms with Gasteiger partial charge in [-0.15, -0.1) is 0 Å². The largest absolute Gasteiger partial charge is 0.340 e. The minimum atomic E-state index is 0.483. The van der Waals surface area contributed by atoms with Crippen LogP contribution in [0, 0.1) is 6.92 Å². The summed E-state index contributed by atoms with van der Waals surface area (Å²) in [5, 5.41) is 5.70. The molecule has 0 radical (unpaired) electrons. The van der Waals surface area contributed by atoms with Gasteiger partial charge in [0.1, 0.15) is 0 Å². The van der Waals surface area contributed by atoms with Gasteiger partial charge in [-0.2, -0.15) is 4.98 Å². The zero-order valence-corrected chi connectivity index (χ0v) is 11.2. The van der Waals surface area contributed by atoms with Gasteiger partial charge in [0.05, 0.1) is 12.1 Å². The molecule has 5 nitrogen and oxygen atoms in total. The van der Waals surface area contributed by atoms with Crippen LogP contribution in [0.15, 0.2) is 28.9 Å². The van der Waals surface area contributed by atoms with E-state index in [2.05, 4.69) is 10.1 Å². The molecule has 3 aromatic rings. The van der Waals surface area contributed by atoms with Gasteiger partial charge in [-0.1, -0.05) is 22.8 Å². The highest BCUT2D eigenvalue weighted by atomic mass is 35.5. The van der Waals surface area contributed by atoms with Crippen molar-refractivity contribution in [1.29, 1.82) is 0 Å². The lowest BCUT2D eigenvalue weighted by Crippen LogP contribution is -2.00. The minimum Gasteiger partial charge on any atom is -0.340 e. The summed E-state index contributed by atoms with van der Waals surface area (Å²) < 4.78 is 7.02. The van der Waals surface area contributed by atoms with E-state index in [1.54, 1.807) is 6.92 Å². The number of hydrogen-bond acceptors (Lipinski definition) is 4. The molecule has 0 bridgehead atoms. The summed E-state index contributed by atoms with van der Waals surface area (Å²) in [5.74, 6) is 1.20. The van der Waals surface area contributed by atoms with Crippen molar-refractivity contribution in [3.05, 3.63) is 46.7 Å². The molecule has 2 heterocycles. The van der Waals surface area contributed by atoms with Crippen LogP contribution in [0.25, 0.3) is 10.9 Å². The Morgan fingerprint density at radius 2 is 2.26 bits per heavy atom. The number of rotatable bonds is 3. The predicted molar refractivity (Wildman–Crippen MR) is 73.0 cm³/mol. The molecular weight excluding hydrogens is 264 g/mol. The lowest BCUT2D eigenvalue weighted by Gasteiger charge is -2.01. The van der Waals surface area contributed by atoms with E-state index in [0.717, 1.165) is 16.5 Å². The molecule has 0 saturated heterocycles. The second-order valence-electron chi connectivity index (χ2n) is 4.38. The van der Waals surface area contributed by atoms with E-state index in [0.29, 0.717) is 29.8 Å². The van der Waals surface area contributed by atoms with Crippen LogP contribution in [-0.4, -0.2) is 14.7 Å². The smallest absolute Gasteiger partial charge is 0.223 e. The summed E-state index contributed by atoms with van der Waals surface area (Å²) in [5.41, 5.74) is 7.87. The monoisotopic (exact) mass is 276 g/mol. The molecule has 1 aromatic carbocycles. The molecule has 19 heavy (non-hydrogen) atoms. The van der Waals surface area contributed by atoms with Crippen LogP contribution in [0.4, 0.5) is 0 Å². The molecule has 0 fully saturated rings. The molecule has 2 aromatic heterocycles. The van der Waals surface area contributed by atoms with Crippen LogP contribution < -0.4 is 5.73 Å². The highest BCUT2D eigenvalue weighted by molar-refractivity contribution is 6.31. The van der Waals surface area contributed by atoms with Crippen LogP contribution in [0.3, 0.4) is 0 Å². The number of aryl methyl sites for hydroxylation is 1. The first-order valence-electron chi connectivity index (χ1n) is 5.94. The predicted octanol–water partition coefficient (Wildman–Crippen LogP) is 2.49. The fraction of sp³-hybridized carbons (Fsp3) is 0.231. The van der Waals surface area contributed by atoms with Crippen LogP contribution in [0.1, 0.15) is 17.3 Å². The summed E-state index contributed by atoms with van der Waals surface area (Å²) in [4.78, 5) is 4.21. The van der Waals surface area contributed by atoms with Crippen LogP contribution in [-0.2, 0) is 13.1 Å². The van der Waals surface area contributed by atoms with Gasteiger partial charge in [-0.05, 0) is 17.7 Å². The quantitative estimate of drug-likeness (QED) is 0.798. The molecule has 0 atom stereocenters. The van der Waals surface area contributed by atoms with Crippen molar-refractivity contribution in [1.82, 2.24) is 14.7 Å². The third kappa shape index (κ3) is 2.22. The Bertz CT molecular complexity index is 731. The Labute approximate surface area is 115 Å². The van der Waals surface area contributed by atoms with Gasteiger partial charge in [-0.25, -0.2) is 0 Å². The average molecular weight is 277 g/mol. The molecule has 3 rings (SSSR count). The van der Waals surface area contributed by atoms with E-state index in [4.69, 9.17) is 21.9 Å². The molecule has 0 spiro atoms. The molecule has 0 aliphatic heterocycles. The van der Waals surface area contributed by atoms with E-state index >= 15 is 0 Å². The first-order valence-corrected chi connectivity index (χ1v) is 6.31. The van der Waals surface area contributed by atoms with Crippen molar-refractivity contribution in [3.8, 4) is 0 Å². The van der Waals surface area contributed by atoms with Gasteiger partial charge in [0.15, 0.2) is 5.82 Å². The fourth-order valence-electron chi connectivity index (χ4n) is 2.19. The zero-order chi connectivity index (χ0) is 13.4. The summed E-state index contributed by atoms with van der Waals surface area (Å²) in [6.45, 7) is 2.79. The molecule has 0 aliphatic rings. The Morgan fingerprint density at radius 1 is 1.42 bits per heavy atom. The first kappa shape index (κ1) is 12.2. The van der Waals surface area contributed by atoms with Crippen molar-refractivity contribution in [2.75, 3.05) is 0 Å². The van der Waals surface area contributed by atoms with Gasteiger partial charge in [0, 0.05) is 30.1 Å². The van der Waals surface area contributed by atoms with Gasteiger partial charge < -0.3 is 14.8 Å².